The van der Waals surface area contributed by atoms with Crippen molar-refractivity contribution in [1.29, 1.82) is 5.26 Å². The predicted molar refractivity (Wildman–Crippen MR) is 67.9 cm³/mol. The molecule has 4 nitrogen and oxygen atoms in total. The van der Waals surface area contributed by atoms with Gasteiger partial charge < -0.3 is 10.2 Å². The van der Waals surface area contributed by atoms with Crippen molar-refractivity contribution in [2.75, 3.05) is 25.0 Å². The van der Waals surface area contributed by atoms with Crippen molar-refractivity contribution in [2.24, 2.45) is 0 Å². The maximum atomic E-state index is 8.72. The Labute approximate surface area is 102 Å². The monoisotopic (exact) mass is 230 g/mol. The first-order valence-electron chi connectivity index (χ1n) is 6.11. The summed E-state index contributed by atoms with van der Waals surface area (Å²) in [6.45, 7) is 2.20. The highest BCUT2D eigenvalue weighted by atomic mass is 15.1. The fourth-order valence-corrected chi connectivity index (χ4v) is 2.26. The zero-order valence-electron chi connectivity index (χ0n) is 10.2. The molecule has 4 heteroatoms. The molecule has 1 aliphatic heterocycles. The summed E-state index contributed by atoms with van der Waals surface area (Å²) >= 11 is 0. The van der Waals surface area contributed by atoms with Gasteiger partial charge in [-0.25, -0.2) is 4.98 Å². The third kappa shape index (κ3) is 2.95. The van der Waals surface area contributed by atoms with Gasteiger partial charge in [-0.1, -0.05) is 0 Å². The second-order valence-corrected chi connectivity index (χ2v) is 4.46. The lowest BCUT2D eigenvalue weighted by atomic mass is 10.1. The molecule has 1 aromatic heterocycles. The highest BCUT2D eigenvalue weighted by molar-refractivity contribution is 5.46. The molecule has 90 valence electrons. The van der Waals surface area contributed by atoms with Crippen molar-refractivity contribution in [3.8, 4) is 6.07 Å². The number of aromatic nitrogens is 1. The largest absolute Gasteiger partial charge is 0.370 e. The van der Waals surface area contributed by atoms with Crippen LogP contribution in [0.25, 0.3) is 0 Å². The average molecular weight is 230 g/mol. The summed E-state index contributed by atoms with van der Waals surface area (Å²) in [5.41, 5.74) is 1.57. The summed E-state index contributed by atoms with van der Waals surface area (Å²) in [4.78, 5) is 6.40. The predicted octanol–water partition coefficient (Wildman–Crippen LogP) is 1.53. The molecular formula is C13H18N4. The molecule has 0 saturated carbocycles. The van der Waals surface area contributed by atoms with E-state index >= 15 is 0 Å². The first-order chi connectivity index (χ1) is 8.31. The van der Waals surface area contributed by atoms with Gasteiger partial charge >= 0.3 is 0 Å². The zero-order valence-corrected chi connectivity index (χ0v) is 10.2. The highest BCUT2D eigenvalue weighted by Gasteiger charge is 2.17. The molecule has 0 radical (unpaired) electrons. The highest BCUT2D eigenvalue weighted by Crippen LogP contribution is 2.19. The minimum absolute atomic E-state index is 0.477. The Morgan fingerprint density at radius 2 is 2.29 bits per heavy atom. The molecule has 0 bridgehead atoms. The van der Waals surface area contributed by atoms with Crippen molar-refractivity contribution in [3.05, 3.63) is 24.0 Å². The van der Waals surface area contributed by atoms with Crippen LogP contribution in [-0.4, -0.2) is 31.2 Å². The molecule has 2 rings (SSSR count). The molecule has 0 aromatic carbocycles. The van der Waals surface area contributed by atoms with Gasteiger partial charge in [-0.15, -0.1) is 0 Å². The van der Waals surface area contributed by atoms with Crippen LogP contribution in [0, 0.1) is 11.3 Å². The Morgan fingerprint density at radius 1 is 1.41 bits per heavy atom. The molecule has 1 aromatic rings. The Morgan fingerprint density at radius 3 is 3.00 bits per heavy atom. The number of nitrogens with zero attached hydrogens (tertiary/aromatic N) is 3. The van der Waals surface area contributed by atoms with E-state index in [1.54, 1.807) is 12.3 Å². The first-order valence-corrected chi connectivity index (χ1v) is 6.11. The molecule has 1 saturated heterocycles. The van der Waals surface area contributed by atoms with Crippen LogP contribution in [0.15, 0.2) is 18.3 Å². The smallest absolute Gasteiger partial charge is 0.140 e. The van der Waals surface area contributed by atoms with Crippen molar-refractivity contribution in [2.45, 2.75) is 25.3 Å². The van der Waals surface area contributed by atoms with Gasteiger partial charge in [0.2, 0.25) is 0 Å². The molecule has 2 heterocycles. The van der Waals surface area contributed by atoms with Gasteiger partial charge in [0, 0.05) is 13.1 Å². The standard InChI is InChI=1S/C13H18N4/c1-17(12-3-2-7-15-8-6-12)13-5-4-11(9-14)16-10-13/h4-5,10,12,15H,2-3,6-8H2,1H3. The van der Waals surface area contributed by atoms with Crippen LogP contribution in [0.3, 0.4) is 0 Å². The second-order valence-electron chi connectivity index (χ2n) is 4.46. The van der Waals surface area contributed by atoms with Crippen LogP contribution in [0.4, 0.5) is 5.69 Å². The van der Waals surface area contributed by atoms with Crippen LogP contribution >= 0.6 is 0 Å². The third-order valence-electron chi connectivity index (χ3n) is 3.36. The van der Waals surface area contributed by atoms with Crippen LogP contribution < -0.4 is 10.2 Å². The Bertz CT molecular complexity index is 385. The molecule has 1 unspecified atom stereocenters. The molecule has 17 heavy (non-hydrogen) atoms. The molecule has 1 N–H and O–H groups in total. The van der Waals surface area contributed by atoms with E-state index in [0.717, 1.165) is 25.2 Å². The lowest BCUT2D eigenvalue weighted by Gasteiger charge is -2.28. The lowest BCUT2D eigenvalue weighted by molar-refractivity contribution is 0.566. The SMILES string of the molecule is CN(c1ccc(C#N)nc1)C1CCCNCC1. The normalized spacial score (nSPS) is 20.4. The van der Waals surface area contributed by atoms with E-state index in [4.69, 9.17) is 5.26 Å². The van der Waals surface area contributed by atoms with E-state index in [0.29, 0.717) is 11.7 Å². The van der Waals surface area contributed by atoms with E-state index in [1.165, 1.54) is 12.8 Å². The molecule has 1 atom stereocenters. The van der Waals surface area contributed by atoms with E-state index in [2.05, 4.69) is 22.2 Å². The van der Waals surface area contributed by atoms with Crippen LogP contribution in [0.5, 0.6) is 0 Å². The number of pyridine rings is 1. The van der Waals surface area contributed by atoms with Gasteiger partial charge in [-0.05, 0) is 44.5 Å². The van der Waals surface area contributed by atoms with E-state index < -0.39 is 0 Å². The summed E-state index contributed by atoms with van der Waals surface area (Å²) < 4.78 is 0. The summed E-state index contributed by atoms with van der Waals surface area (Å²) in [6, 6.07) is 6.37. The third-order valence-corrected chi connectivity index (χ3v) is 3.36. The molecule has 0 spiro atoms. The molecular weight excluding hydrogens is 212 g/mol. The molecule has 1 aliphatic rings. The zero-order chi connectivity index (χ0) is 12.1. The first kappa shape index (κ1) is 11.9. The van der Waals surface area contributed by atoms with Crippen LogP contribution in [-0.2, 0) is 0 Å². The number of anilines is 1. The Balaban J connectivity index is 2.06. The van der Waals surface area contributed by atoms with Crippen LogP contribution in [0.1, 0.15) is 25.0 Å². The van der Waals surface area contributed by atoms with Gasteiger partial charge in [0.15, 0.2) is 0 Å². The molecule has 0 amide bonds. The van der Waals surface area contributed by atoms with Gasteiger partial charge in [-0.3, -0.25) is 0 Å². The Kier molecular flexibility index (Phi) is 3.94. The van der Waals surface area contributed by atoms with Gasteiger partial charge in [0.25, 0.3) is 0 Å². The fraction of sp³-hybridized carbons (Fsp3) is 0.538. The quantitative estimate of drug-likeness (QED) is 0.837. The summed E-state index contributed by atoms with van der Waals surface area (Å²) in [5, 5.41) is 12.1. The maximum Gasteiger partial charge on any atom is 0.140 e. The van der Waals surface area contributed by atoms with Gasteiger partial charge in [0.1, 0.15) is 11.8 Å². The summed E-state index contributed by atoms with van der Waals surface area (Å²) in [5.74, 6) is 0. The minimum Gasteiger partial charge on any atom is -0.370 e. The average Bonchev–Trinajstić information content (AvgIpc) is 2.67. The van der Waals surface area contributed by atoms with E-state index in [1.807, 2.05) is 12.1 Å². The van der Waals surface area contributed by atoms with E-state index in [-0.39, 0.29) is 0 Å². The summed E-state index contributed by atoms with van der Waals surface area (Å²) in [6.07, 6.45) is 5.38. The maximum absolute atomic E-state index is 8.72. The number of nitriles is 1. The number of hydrogen-bond donors (Lipinski definition) is 1. The van der Waals surface area contributed by atoms with Crippen molar-refractivity contribution in [3.63, 3.8) is 0 Å². The van der Waals surface area contributed by atoms with Crippen molar-refractivity contribution >= 4 is 5.69 Å². The van der Waals surface area contributed by atoms with Gasteiger partial charge in [0.05, 0.1) is 11.9 Å². The fourth-order valence-electron chi connectivity index (χ4n) is 2.26. The van der Waals surface area contributed by atoms with Crippen molar-refractivity contribution in [1.82, 2.24) is 10.3 Å². The number of nitrogens with one attached hydrogen (secondary N) is 1. The lowest BCUT2D eigenvalue weighted by Crippen LogP contribution is -2.32. The molecule has 0 aliphatic carbocycles. The number of hydrogen-bond acceptors (Lipinski definition) is 4. The number of rotatable bonds is 2. The molecule has 1 fully saturated rings. The topological polar surface area (TPSA) is 52.0 Å². The second kappa shape index (κ2) is 5.65. The minimum atomic E-state index is 0.477. The summed E-state index contributed by atoms with van der Waals surface area (Å²) in [7, 11) is 2.11. The van der Waals surface area contributed by atoms with E-state index in [9.17, 15) is 0 Å². The van der Waals surface area contributed by atoms with Gasteiger partial charge in [-0.2, -0.15) is 5.26 Å². The van der Waals surface area contributed by atoms with Crippen LogP contribution in [0.2, 0.25) is 0 Å². The Hall–Kier alpha value is -1.60. The van der Waals surface area contributed by atoms with Crippen molar-refractivity contribution < 1.29 is 0 Å².